The maximum Gasteiger partial charge on any atom is 0.411 e. The van der Waals surface area contributed by atoms with Crippen LogP contribution in [0, 0.1) is 39.9 Å². The summed E-state index contributed by atoms with van der Waals surface area (Å²) in [6.45, 7) is 18.6. The number of hydrogen-bond donors (Lipinski definition) is 4. The fourth-order valence-corrected chi connectivity index (χ4v) is 9.90. The molecule has 5 rings (SSSR count). The van der Waals surface area contributed by atoms with Crippen molar-refractivity contribution in [3.8, 4) is 35.2 Å². The van der Waals surface area contributed by atoms with E-state index in [1.165, 1.54) is 27.0 Å². The monoisotopic (exact) mass is 1010 g/mol. The quantitative estimate of drug-likeness (QED) is 0.0370. The van der Waals surface area contributed by atoms with E-state index in [4.69, 9.17) is 9.47 Å². The van der Waals surface area contributed by atoms with Gasteiger partial charge in [-0.2, -0.15) is 0 Å². The Kier molecular flexibility index (Phi) is 21.1. The minimum Gasteiger partial charge on any atom is -0.489 e. The average molecular weight is 1010 g/mol. The molecule has 3 heterocycles. The minimum absolute atomic E-state index is 0.0257. The number of hydrogen-bond acceptors (Lipinski definition) is 14. The summed E-state index contributed by atoms with van der Waals surface area (Å²) in [6, 6.07) is 8.25. The largest absolute Gasteiger partial charge is 0.489 e. The number of amides is 1. The third kappa shape index (κ3) is 15.3. The summed E-state index contributed by atoms with van der Waals surface area (Å²) in [4.78, 5) is 39.7. The fraction of sp³-hybridized carbons (Fsp3) is 0.528. The molecule has 68 heavy (non-hydrogen) atoms. The first-order valence-corrected chi connectivity index (χ1v) is 27.2. The number of anilines is 1. The summed E-state index contributed by atoms with van der Waals surface area (Å²) in [5, 5.41) is 28.9. The molecule has 11 nitrogen and oxygen atoms in total. The number of methoxy groups -OCH3 is 1. The Bertz CT molecular complexity index is 2420. The van der Waals surface area contributed by atoms with Crippen molar-refractivity contribution in [1.29, 1.82) is 0 Å². The molecule has 1 amide bonds. The number of carbonyl (C=O) groups is 3. The van der Waals surface area contributed by atoms with Crippen LogP contribution in [0.25, 0.3) is 15.0 Å². The highest BCUT2D eigenvalue weighted by atomic mass is 33.1. The highest BCUT2D eigenvalue weighted by molar-refractivity contribution is 8.76. The number of fused-ring (bicyclic) bond motifs is 1. The molecule has 0 bridgehead atoms. The fourth-order valence-electron chi connectivity index (χ4n) is 6.76. The summed E-state index contributed by atoms with van der Waals surface area (Å²) in [7, 11) is 6.80. The summed E-state index contributed by atoms with van der Waals surface area (Å²) in [6.07, 6.45) is 10.4. The second kappa shape index (κ2) is 25.5. The highest BCUT2D eigenvalue weighted by Gasteiger charge is 2.39. The minimum atomic E-state index is -0.977. The van der Waals surface area contributed by atoms with Crippen LogP contribution in [0.2, 0.25) is 0 Å². The van der Waals surface area contributed by atoms with Gasteiger partial charge in [0.1, 0.15) is 0 Å². The highest BCUT2D eigenvalue weighted by Crippen LogP contribution is 2.43. The number of unbranched alkanes of at least 4 members (excludes halogenated alkanes) is 1. The van der Waals surface area contributed by atoms with Crippen LogP contribution in [-0.4, -0.2) is 97.4 Å². The summed E-state index contributed by atoms with van der Waals surface area (Å²) in [5.41, 5.74) is 2.42. The molecule has 4 N–H and O–H groups in total. The molecule has 1 aliphatic heterocycles. The van der Waals surface area contributed by atoms with E-state index in [1.807, 2.05) is 51.4 Å². The van der Waals surface area contributed by atoms with E-state index >= 15 is 0 Å². The van der Waals surface area contributed by atoms with Crippen LogP contribution in [0.5, 0.6) is 11.5 Å². The Morgan fingerprint density at radius 3 is 2.29 bits per heavy atom. The smallest absolute Gasteiger partial charge is 0.411 e. The van der Waals surface area contributed by atoms with Gasteiger partial charge in [-0.15, -0.1) is 40.4 Å². The second-order valence-corrected chi connectivity index (χ2v) is 23.9. The lowest BCUT2D eigenvalue weighted by Gasteiger charge is -2.40. The van der Waals surface area contributed by atoms with Crippen molar-refractivity contribution >= 4 is 83.1 Å². The van der Waals surface area contributed by atoms with Crippen molar-refractivity contribution in [2.24, 2.45) is 16.2 Å². The number of rotatable bonds is 20. The van der Waals surface area contributed by atoms with E-state index in [2.05, 4.69) is 94.6 Å². The number of carbonyl (C=O) groups excluding carboxylic acids is 3. The number of aldehydes is 1. The van der Waals surface area contributed by atoms with Crippen LogP contribution < -0.4 is 20.1 Å². The third-order valence-electron chi connectivity index (χ3n) is 13.1. The number of allylic oxidation sites excluding steroid dienone is 3. The number of ether oxygens (including phenoxy) is 3. The molecule has 0 fully saturated rings. The van der Waals surface area contributed by atoms with Gasteiger partial charge < -0.3 is 34.6 Å². The first kappa shape index (κ1) is 56.2. The molecule has 2 aliphatic rings. The van der Waals surface area contributed by atoms with Gasteiger partial charge in [-0.1, -0.05) is 75.1 Å². The second-order valence-electron chi connectivity index (χ2n) is 19.3. The molecule has 2 aromatic heterocycles. The molecule has 0 saturated heterocycles. The van der Waals surface area contributed by atoms with E-state index in [1.54, 1.807) is 59.8 Å². The maximum atomic E-state index is 12.3. The number of benzene rings is 1. The Morgan fingerprint density at radius 2 is 1.66 bits per heavy atom. The number of nitrogens with zero attached hydrogens (tertiary/aromatic N) is 1. The SMILES string of the molecule is CC#CCCC#CCC1=C(NC(=O)OC)C(=O)CC/C1=C/CSSC.CN1C=C(c2cc3sccc3s2)CC1CNc1cc(OCC(C)(C)C(C)(C)CO)c(OCC(C)(C)C(C)(C)O)cc1C=O. The van der Waals surface area contributed by atoms with Gasteiger partial charge in [-0.25, -0.2) is 4.79 Å². The van der Waals surface area contributed by atoms with Gasteiger partial charge in [-0.3, -0.25) is 14.9 Å². The van der Waals surface area contributed by atoms with Crippen LogP contribution in [-0.2, 0) is 9.53 Å². The van der Waals surface area contributed by atoms with Crippen LogP contribution in [0.3, 0.4) is 0 Å². The Labute approximate surface area is 420 Å². The predicted molar refractivity (Wildman–Crippen MR) is 286 cm³/mol. The first-order chi connectivity index (χ1) is 32.1. The summed E-state index contributed by atoms with van der Waals surface area (Å²) < 4.78 is 19.9. The van der Waals surface area contributed by atoms with Crippen LogP contribution >= 0.6 is 44.3 Å². The van der Waals surface area contributed by atoms with E-state index in [-0.39, 0.29) is 35.9 Å². The molecular formula is C53H71N3O8S4. The number of alkyl carbamates (subject to hydrolysis) is 1. The van der Waals surface area contributed by atoms with E-state index in [0.29, 0.717) is 67.3 Å². The number of ketones is 1. The molecule has 370 valence electrons. The number of aliphatic hydroxyl groups excluding tert-OH is 1. The number of thiophene rings is 2. The average Bonchev–Trinajstić information content (AvgIpc) is 4.02. The van der Waals surface area contributed by atoms with Crippen molar-refractivity contribution in [2.75, 3.05) is 57.8 Å². The van der Waals surface area contributed by atoms with Gasteiger partial charge in [0, 0.05) is 106 Å². The molecular weight excluding hydrogens is 935 g/mol. The Balaban J connectivity index is 0.000000344. The van der Waals surface area contributed by atoms with Crippen LogP contribution in [0.1, 0.15) is 116 Å². The zero-order valence-corrected chi connectivity index (χ0v) is 45.2. The lowest BCUT2D eigenvalue weighted by molar-refractivity contribution is -0.116. The van der Waals surface area contributed by atoms with Crippen molar-refractivity contribution in [1.82, 2.24) is 10.2 Å². The van der Waals surface area contributed by atoms with Crippen LogP contribution in [0.15, 0.2) is 58.8 Å². The lowest BCUT2D eigenvalue weighted by atomic mass is 9.69. The molecule has 0 saturated carbocycles. The van der Waals surface area contributed by atoms with Crippen molar-refractivity contribution in [3.63, 3.8) is 0 Å². The van der Waals surface area contributed by atoms with Gasteiger partial charge in [-0.05, 0) is 85.6 Å². The third-order valence-corrected chi connectivity index (χ3v) is 17.0. The zero-order chi connectivity index (χ0) is 50.3. The lowest BCUT2D eigenvalue weighted by Crippen LogP contribution is -2.43. The van der Waals surface area contributed by atoms with E-state index < -0.39 is 17.1 Å². The normalized spacial score (nSPS) is 16.0. The molecule has 1 unspecified atom stereocenters. The Hall–Kier alpha value is -4.35. The maximum absolute atomic E-state index is 12.3. The molecule has 1 aliphatic carbocycles. The van der Waals surface area contributed by atoms with Gasteiger partial charge in [0.2, 0.25) is 0 Å². The predicted octanol–water partition coefficient (Wildman–Crippen LogP) is 11.6. The van der Waals surface area contributed by atoms with Crippen molar-refractivity contribution in [3.05, 3.63) is 69.2 Å². The van der Waals surface area contributed by atoms with E-state index in [0.717, 1.165) is 36.0 Å². The molecule has 0 spiro atoms. The standard InChI is InChI=1S/C34H48N2O5S2.C19H23NO3S2/c1-31(2,19-38)32(3,4)20-40-27-14-25(23(18-37)13-26(27)41-21-33(5,6)34(7,8)39)35-16-24-12-22(17-36(24)9)29-15-30-28(43-29)10-11-42-30;1-4-5-6-7-8-9-10-16-15(13-14-25-24-3)11-12-17(21)18(16)20-19(22)23-2/h10-11,13-15,17-18,24,35,38-39H,12,16,19-21H2,1-9H3;13H,6-7,10-12,14H2,1-3H3,(H,20,22)/b;15-13-. The van der Waals surface area contributed by atoms with Crippen molar-refractivity contribution < 1.29 is 38.8 Å². The Morgan fingerprint density at radius 1 is 0.971 bits per heavy atom. The van der Waals surface area contributed by atoms with E-state index in [9.17, 15) is 24.6 Å². The van der Waals surface area contributed by atoms with Gasteiger partial charge in [0.05, 0.1) is 31.6 Å². The van der Waals surface area contributed by atoms with Gasteiger partial charge in [0.15, 0.2) is 23.6 Å². The topological polar surface area (TPSA) is 147 Å². The molecule has 3 aromatic rings. The number of Topliss-reactive ketones (excluding diaryl/α,β-unsaturated/α-hetero) is 1. The number of aliphatic hydroxyl groups is 2. The molecule has 0 radical (unpaired) electrons. The molecule has 1 aromatic carbocycles. The van der Waals surface area contributed by atoms with Crippen molar-refractivity contribution in [2.45, 2.75) is 112 Å². The summed E-state index contributed by atoms with van der Waals surface area (Å²) in [5.74, 6) is 13.7. The molecule has 1 atom stereocenters. The van der Waals surface area contributed by atoms with Gasteiger partial charge in [0.25, 0.3) is 0 Å². The zero-order valence-electron chi connectivity index (χ0n) is 41.9. The van der Waals surface area contributed by atoms with Gasteiger partial charge >= 0.3 is 6.09 Å². The number of nitrogens with one attached hydrogen (secondary N) is 2. The first-order valence-electron chi connectivity index (χ1n) is 22.8. The summed E-state index contributed by atoms with van der Waals surface area (Å²) >= 11 is 3.61. The molecule has 15 heteroatoms. The number of likely N-dealkylation sites (N-methyl/N-ethyl adjacent to an activating group) is 1. The van der Waals surface area contributed by atoms with Crippen LogP contribution in [0.4, 0.5) is 10.5 Å².